The van der Waals surface area contributed by atoms with Crippen molar-refractivity contribution < 1.29 is 18.4 Å². The highest BCUT2D eigenvalue weighted by molar-refractivity contribution is 7.89. The minimum Gasteiger partial charge on any atom is -0.395 e. The summed E-state index contributed by atoms with van der Waals surface area (Å²) in [5.74, 6) is 0. The van der Waals surface area contributed by atoms with Gasteiger partial charge in [-0.05, 0) is 25.0 Å². The van der Waals surface area contributed by atoms with E-state index in [-0.39, 0.29) is 16.5 Å². The average molecular weight is 323 g/mol. The lowest BCUT2D eigenvalue weighted by Gasteiger charge is -2.15. The van der Waals surface area contributed by atoms with Crippen LogP contribution < -0.4 is 4.72 Å². The highest BCUT2D eigenvalue weighted by Gasteiger charge is 2.25. The Kier molecular flexibility index (Phi) is 5.46. The van der Waals surface area contributed by atoms with Gasteiger partial charge in [0.2, 0.25) is 10.0 Å². The van der Waals surface area contributed by atoms with Crippen molar-refractivity contribution in [2.45, 2.75) is 31.2 Å². The lowest BCUT2D eigenvalue weighted by Crippen LogP contribution is -2.37. The predicted octanol–water partition coefficient (Wildman–Crippen LogP) is 1.61. The molecule has 2 N–H and O–H groups in total. The van der Waals surface area contributed by atoms with Crippen LogP contribution in [0.2, 0.25) is 5.02 Å². The molecule has 1 rings (SSSR count). The van der Waals surface area contributed by atoms with Crippen molar-refractivity contribution in [2.75, 3.05) is 6.61 Å². The van der Waals surface area contributed by atoms with Gasteiger partial charge in [-0.3, -0.25) is 10.1 Å². The lowest BCUT2D eigenvalue weighted by molar-refractivity contribution is -0.384. The number of aryl methyl sites for hydroxylation is 1. The topological polar surface area (TPSA) is 110 Å². The number of hydrogen-bond acceptors (Lipinski definition) is 5. The van der Waals surface area contributed by atoms with Gasteiger partial charge in [0, 0.05) is 12.1 Å². The van der Waals surface area contributed by atoms with E-state index in [2.05, 4.69) is 4.72 Å². The first-order valence-corrected chi connectivity index (χ1v) is 7.66. The Morgan fingerprint density at radius 2 is 2.10 bits per heavy atom. The molecule has 0 radical (unpaired) electrons. The number of nitro groups is 1. The Hall–Kier alpha value is -1.22. The molecule has 0 saturated heterocycles. The zero-order valence-corrected chi connectivity index (χ0v) is 12.5. The molecule has 0 fully saturated rings. The van der Waals surface area contributed by atoms with Gasteiger partial charge in [0.25, 0.3) is 5.69 Å². The highest BCUT2D eigenvalue weighted by atomic mass is 35.5. The van der Waals surface area contributed by atoms with Crippen LogP contribution in [0.4, 0.5) is 5.69 Å². The van der Waals surface area contributed by atoms with E-state index in [4.69, 9.17) is 16.7 Å². The van der Waals surface area contributed by atoms with E-state index in [1.807, 2.05) is 0 Å². The van der Waals surface area contributed by atoms with Gasteiger partial charge in [0.1, 0.15) is 5.02 Å². The van der Waals surface area contributed by atoms with Crippen LogP contribution in [-0.4, -0.2) is 31.1 Å². The number of hydrogen-bond donors (Lipinski definition) is 2. The zero-order chi connectivity index (χ0) is 15.5. The number of nitro benzene ring substituents is 1. The Balaban J connectivity index is 3.31. The second kappa shape index (κ2) is 6.49. The van der Waals surface area contributed by atoms with Crippen molar-refractivity contribution in [1.29, 1.82) is 0 Å². The molecular weight excluding hydrogens is 308 g/mol. The van der Waals surface area contributed by atoms with E-state index >= 15 is 0 Å². The van der Waals surface area contributed by atoms with Crippen LogP contribution >= 0.6 is 11.6 Å². The number of sulfonamides is 1. The molecule has 0 bridgehead atoms. The monoisotopic (exact) mass is 322 g/mol. The standard InChI is InChI=1S/C11H15ClN2O5S/c1-3-8(6-15)13-20(18,19)11-5-10(14(16)17)9(12)4-7(11)2/h4-5,8,13,15H,3,6H2,1-2H3/t8-/m0/s1. The maximum atomic E-state index is 12.2. The van der Waals surface area contributed by atoms with Crippen molar-refractivity contribution in [3.05, 3.63) is 32.8 Å². The van der Waals surface area contributed by atoms with Crippen molar-refractivity contribution in [3.8, 4) is 0 Å². The smallest absolute Gasteiger partial charge is 0.289 e. The van der Waals surface area contributed by atoms with E-state index in [1.54, 1.807) is 6.92 Å². The SMILES string of the molecule is CC[C@@H](CO)NS(=O)(=O)c1cc([N+](=O)[O-])c(Cl)cc1C. The number of nitrogens with zero attached hydrogens (tertiary/aromatic N) is 1. The first kappa shape index (κ1) is 16.8. The normalized spacial score (nSPS) is 13.2. The van der Waals surface area contributed by atoms with Crippen LogP contribution in [0.15, 0.2) is 17.0 Å². The van der Waals surface area contributed by atoms with E-state index in [0.717, 1.165) is 6.07 Å². The number of halogens is 1. The number of aliphatic hydroxyl groups is 1. The Labute approximate surface area is 121 Å². The Morgan fingerprint density at radius 1 is 1.50 bits per heavy atom. The molecule has 0 unspecified atom stereocenters. The van der Waals surface area contributed by atoms with E-state index in [9.17, 15) is 18.5 Å². The molecule has 0 aliphatic rings. The fourth-order valence-electron chi connectivity index (χ4n) is 1.60. The molecule has 0 heterocycles. The summed E-state index contributed by atoms with van der Waals surface area (Å²) in [5.41, 5.74) is -0.185. The third-order valence-electron chi connectivity index (χ3n) is 2.77. The summed E-state index contributed by atoms with van der Waals surface area (Å²) in [6.07, 6.45) is 0.393. The van der Waals surface area contributed by atoms with Gasteiger partial charge in [-0.2, -0.15) is 0 Å². The first-order valence-electron chi connectivity index (χ1n) is 5.80. The highest BCUT2D eigenvalue weighted by Crippen LogP contribution is 2.30. The van der Waals surface area contributed by atoms with Gasteiger partial charge >= 0.3 is 0 Å². The molecule has 0 aromatic heterocycles. The molecule has 112 valence electrons. The van der Waals surface area contributed by atoms with Crippen molar-refractivity contribution >= 4 is 27.3 Å². The van der Waals surface area contributed by atoms with Gasteiger partial charge in [0.15, 0.2) is 0 Å². The molecule has 20 heavy (non-hydrogen) atoms. The number of nitrogens with one attached hydrogen (secondary N) is 1. The summed E-state index contributed by atoms with van der Waals surface area (Å²) in [6, 6.07) is 1.51. The molecule has 1 atom stereocenters. The second-order valence-electron chi connectivity index (χ2n) is 4.24. The summed E-state index contributed by atoms with van der Waals surface area (Å²) in [6.45, 7) is 2.84. The van der Waals surface area contributed by atoms with E-state index < -0.39 is 26.7 Å². The predicted molar refractivity (Wildman–Crippen MR) is 74.3 cm³/mol. The molecule has 0 saturated carbocycles. The third-order valence-corrected chi connectivity index (χ3v) is 4.73. The second-order valence-corrected chi connectivity index (χ2v) is 6.32. The summed E-state index contributed by atoms with van der Waals surface area (Å²) >= 11 is 5.71. The summed E-state index contributed by atoms with van der Waals surface area (Å²) in [7, 11) is -3.96. The first-order chi connectivity index (χ1) is 9.22. The molecule has 1 aromatic carbocycles. The summed E-state index contributed by atoms with van der Waals surface area (Å²) in [5, 5.41) is 19.7. The summed E-state index contributed by atoms with van der Waals surface area (Å²) in [4.78, 5) is 9.85. The van der Waals surface area contributed by atoms with E-state index in [1.165, 1.54) is 13.0 Å². The third kappa shape index (κ3) is 3.66. The molecule has 1 aromatic rings. The van der Waals surface area contributed by atoms with Crippen molar-refractivity contribution in [1.82, 2.24) is 4.72 Å². The van der Waals surface area contributed by atoms with E-state index in [0.29, 0.717) is 12.0 Å². The van der Waals surface area contributed by atoms with Crippen LogP contribution in [0.1, 0.15) is 18.9 Å². The van der Waals surface area contributed by atoms with Crippen LogP contribution in [0.3, 0.4) is 0 Å². The minimum atomic E-state index is -3.96. The molecular formula is C11H15ClN2O5S. The molecule has 7 nitrogen and oxygen atoms in total. The van der Waals surface area contributed by atoms with Crippen LogP contribution in [0.5, 0.6) is 0 Å². The fourth-order valence-corrected chi connectivity index (χ4v) is 3.45. The molecule has 9 heteroatoms. The quantitative estimate of drug-likeness (QED) is 0.610. The maximum absolute atomic E-state index is 12.2. The average Bonchev–Trinajstić information content (AvgIpc) is 2.35. The minimum absolute atomic E-state index is 0.124. The van der Waals surface area contributed by atoms with Gasteiger partial charge < -0.3 is 5.11 Å². The Morgan fingerprint density at radius 3 is 2.55 bits per heavy atom. The number of benzene rings is 1. The van der Waals surface area contributed by atoms with Crippen molar-refractivity contribution in [2.24, 2.45) is 0 Å². The largest absolute Gasteiger partial charge is 0.395 e. The van der Waals surface area contributed by atoms with Gasteiger partial charge in [0.05, 0.1) is 16.4 Å². The molecule has 0 amide bonds. The Bertz CT molecular complexity index is 613. The number of rotatable bonds is 6. The fraction of sp³-hybridized carbons (Fsp3) is 0.455. The van der Waals surface area contributed by atoms with Gasteiger partial charge in [-0.1, -0.05) is 18.5 Å². The number of aliphatic hydroxyl groups excluding tert-OH is 1. The molecule has 0 aliphatic heterocycles. The lowest BCUT2D eigenvalue weighted by atomic mass is 10.2. The van der Waals surface area contributed by atoms with Crippen LogP contribution in [-0.2, 0) is 10.0 Å². The zero-order valence-electron chi connectivity index (χ0n) is 11.0. The van der Waals surface area contributed by atoms with Gasteiger partial charge in [-0.15, -0.1) is 0 Å². The van der Waals surface area contributed by atoms with Crippen LogP contribution in [0.25, 0.3) is 0 Å². The maximum Gasteiger partial charge on any atom is 0.289 e. The summed E-state index contributed by atoms with van der Waals surface area (Å²) < 4.78 is 26.7. The molecule has 0 aliphatic carbocycles. The van der Waals surface area contributed by atoms with Crippen molar-refractivity contribution in [3.63, 3.8) is 0 Å². The van der Waals surface area contributed by atoms with Crippen LogP contribution in [0, 0.1) is 17.0 Å². The molecule has 0 spiro atoms. The van der Waals surface area contributed by atoms with Gasteiger partial charge in [-0.25, -0.2) is 13.1 Å².